The van der Waals surface area contributed by atoms with Crippen LogP contribution in [0.5, 0.6) is 0 Å². The summed E-state index contributed by atoms with van der Waals surface area (Å²) in [6.45, 7) is 4.99. The summed E-state index contributed by atoms with van der Waals surface area (Å²) in [4.78, 5) is 12.2. The van der Waals surface area contributed by atoms with E-state index in [9.17, 15) is 4.79 Å². The first-order valence-corrected chi connectivity index (χ1v) is 8.50. The molecule has 22 heavy (non-hydrogen) atoms. The summed E-state index contributed by atoms with van der Waals surface area (Å²) in [6.07, 6.45) is 5.32. The summed E-state index contributed by atoms with van der Waals surface area (Å²) < 4.78 is 0. The lowest BCUT2D eigenvalue weighted by Crippen LogP contribution is -2.68. The van der Waals surface area contributed by atoms with E-state index in [0.29, 0.717) is 12.5 Å². The van der Waals surface area contributed by atoms with Crippen molar-refractivity contribution in [3.63, 3.8) is 0 Å². The standard InChI is InChI=1S/C15H31N5O2/c1-10-4-3-5-12(8-10)18-15(22)20-14-17-11(2)9-13(19-14)16-6-7-21/h10-14,16-17,19,21H,3-9H2,1-2H3,(H2,18,20,22). The fourth-order valence-corrected chi connectivity index (χ4v) is 3.41. The zero-order valence-corrected chi connectivity index (χ0v) is 13.7. The second-order valence-electron chi connectivity index (χ2n) is 6.72. The molecule has 128 valence electrons. The Labute approximate surface area is 133 Å². The van der Waals surface area contributed by atoms with Gasteiger partial charge in [-0.3, -0.25) is 16.0 Å². The van der Waals surface area contributed by atoms with Crippen LogP contribution in [0, 0.1) is 5.92 Å². The van der Waals surface area contributed by atoms with Gasteiger partial charge in [0.2, 0.25) is 0 Å². The lowest BCUT2D eigenvalue weighted by molar-refractivity contribution is 0.177. The number of aliphatic hydroxyl groups is 1. The minimum atomic E-state index is -0.263. The molecule has 0 aromatic carbocycles. The van der Waals surface area contributed by atoms with Crippen LogP contribution in [0.15, 0.2) is 0 Å². The summed E-state index contributed by atoms with van der Waals surface area (Å²) in [7, 11) is 0. The Bertz CT molecular complexity index is 355. The molecular weight excluding hydrogens is 282 g/mol. The van der Waals surface area contributed by atoms with Crippen LogP contribution < -0.4 is 26.6 Å². The normalized spacial score (nSPS) is 35.9. The number of rotatable bonds is 5. The molecule has 6 N–H and O–H groups in total. The largest absolute Gasteiger partial charge is 0.395 e. The fraction of sp³-hybridized carbons (Fsp3) is 0.933. The van der Waals surface area contributed by atoms with E-state index >= 15 is 0 Å². The van der Waals surface area contributed by atoms with Crippen LogP contribution in [0.1, 0.15) is 46.0 Å². The van der Waals surface area contributed by atoms with Crippen molar-refractivity contribution in [3.8, 4) is 0 Å². The van der Waals surface area contributed by atoms with Gasteiger partial charge in [0.15, 0.2) is 0 Å². The summed E-state index contributed by atoms with van der Waals surface area (Å²) in [5.41, 5.74) is 0. The van der Waals surface area contributed by atoms with Gasteiger partial charge < -0.3 is 15.7 Å². The van der Waals surface area contributed by atoms with Gasteiger partial charge in [-0.25, -0.2) is 4.79 Å². The third kappa shape index (κ3) is 5.72. The maximum Gasteiger partial charge on any atom is 0.317 e. The minimum Gasteiger partial charge on any atom is -0.395 e. The van der Waals surface area contributed by atoms with Gasteiger partial charge in [0.25, 0.3) is 0 Å². The summed E-state index contributed by atoms with van der Waals surface area (Å²) in [6, 6.07) is 0.449. The molecular formula is C15H31N5O2. The first kappa shape index (κ1) is 17.5. The number of hydrogen-bond donors (Lipinski definition) is 6. The van der Waals surface area contributed by atoms with E-state index < -0.39 is 0 Å². The van der Waals surface area contributed by atoms with E-state index in [1.807, 2.05) is 0 Å². The second-order valence-corrected chi connectivity index (χ2v) is 6.72. The van der Waals surface area contributed by atoms with Gasteiger partial charge in [0.1, 0.15) is 6.29 Å². The third-order valence-electron chi connectivity index (χ3n) is 4.46. The predicted octanol–water partition coefficient (Wildman–Crippen LogP) is 0.0273. The Morgan fingerprint density at radius 1 is 1.18 bits per heavy atom. The maximum atomic E-state index is 12.2. The predicted molar refractivity (Wildman–Crippen MR) is 86.1 cm³/mol. The number of aliphatic hydroxyl groups excluding tert-OH is 1. The number of hydrogen-bond acceptors (Lipinski definition) is 5. The number of carbonyl (C=O) groups excluding carboxylic acids is 1. The molecule has 0 aromatic heterocycles. The van der Waals surface area contributed by atoms with E-state index in [4.69, 9.17) is 5.11 Å². The lowest BCUT2D eigenvalue weighted by atomic mass is 9.87. The molecule has 2 amide bonds. The second kappa shape index (κ2) is 8.67. The van der Waals surface area contributed by atoms with Crippen molar-refractivity contribution in [2.24, 2.45) is 5.92 Å². The van der Waals surface area contributed by atoms with Crippen LogP contribution in [0.4, 0.5) is 4.79 Å². The summed E-state index contributed by atoms with van der Waals surface area (Å²) in [5, 5.41) is 24.7. The highest BCUT2D eigenvalue weighted by molar-refractivity contribution is 5.74. The average Bonchev–Trinajstić information content (AvgIpc) is 2.44. The quantitative estimate of drug-likeness (QED) is 0.430. The molecule has 0 bridgehead atoms. The average molecular weight is 313 g/mol. The van der Waals surface area contributed by atoms with Gasteiger partial charge in [-0.1, -0.05) is 19.8 Å². The molecule has 7 nitrogen and oxygen atoms in total. The van der Waals surface area contributed by atoms with Gasteiger partial charge in [0.05, 0.1) is 12.8 Å². The van der Waals surface area contributed by atoms with E-state index in [0.717, 1.165) is 19.3 Å². The Morgan fingerprint density at radius 2 is 2.00 bits per heavy atom. The molecule has 1 aliphatic carbocycles. The molecule has 2 fully saturated rings. The van der Waals surface area contributed by atoms with Crippen molar-refractivity contribution < 1.29 is 9.90 Å². The maximum absolute atomic E-state index is 12.2. The van der Waals surface area contributed by atoms with Crippen LogP contribution in [-0.2, 0) is 0 Å². The van der Waals surface area contributed by atoms with Crippen molar-refractivity contribution in [1.82, 2.24) is 26.6 Å². The van der Waals surface area contributed by atoms with Gasteiger partial charge in [0, 0.05) is 18.6 Å². The van der Waals surface area contributed by atoms with E-state index in [-0.39, 0.29) is 37.2 Å². The van der Waals surface area contributed by atoms with Gasteiger partial charge in [-0.2, -0.15) is 0 Å². The van der Waals surface area contributed by atoms with Gasteiger partial charge in [-0.15, -0.1) is 0 Å². The Kier molecular flexibility index (Phi) is 6.88. The highest BCUT2D eigenvalue weighted by Gasteiger charge is 2.26. The Balaban J connectivity index is 1.74. The molecule has 2 rings (SSSR count). The Hall–Kier alpha value is -0.890. The van der Waals surface area contributed by atoms with Crippen LogP contribution in [0.2, 0.25) is 0 Å². The smallest absolute Gasteiger partial charge is 0.317 e. The SMILES string of the molecule is CC1CCCC(NC(=O)NC2NC(C)CC(NCCO)N2)C1. The molecule has 0 aromatic rings. The molecule has 1 saturated heterocycles. The van der Waals surface area contributed by atoms with Crippen molar-refractivity contribution >= 4 is 6.03 Å². The number of amides is 2. The molecule has 7 heteroatoms. The molecule has 5 atom stereocenters. The lowest BCUT2D eigenvalue weighted by Gasteiger charge is -2.37. The number of nitrogens with one attached hydrogen (secondary N) is 5. The van der Waals surface area contributed by atoms with Crippen LogP contribution in [-0.4, -0.2) is 48.8 Å². The van der Waals surface area contributed by atoms with Crippen molar-refractivity contribution in [2.45, 2.75) is 70.5 Å². The van der Waals surface area contributed by atoms with Crippen molar-refractivity contribution in [1.29, 1.82) is 0 Å². The van der Waals surface area contributed by atoms with Crippen LogP contribution in [0.3, 0.4) is 0 Å². The Morgan fingerprint density at radius 3 is 2.73 bits per heavy atom. The fourth-order valence-electron chi connectivity index (χ4n) is 3.41. The molecule has 2 aliphatic rings. The minimum absolute atomic E-state index is 0.0865. The highest BCUT2D eigenvalue weighted by atomic mass is 16.3. The number of urea groups is 1. The van der Waals surface area contributed by atoms with E-state index in [2.05, 4.69) is 40.4 Å². The van der Waals surface area contributed by atoms with Crippen molar-refractivity contribution in [2.75, 3.05) is 13.2 Å². The number of carbonyl (C=O) groups is 1. The van der Waals surface area contributed by atoms with Crippen molar-refractivity contribution in [3.05, 3.63) is 0 Å². The van der Waals surface area contributed by atoms with Crippen LogP contribution in [0.25, 0.3) is 0 Å². The van der Waals surface area contributed by atoms with E-state index in [1.165, 1.54) is 12.8 Å². The molecule has 1 heterocycles. The first-order chi connectivity index (χ1) is 10.6. The molecule has 5 unspecified atom stereocenters. The molecule has 0 spiro atoms. The molecule has 0 radical (unpaired) electrons. The monoisotopic (exact) mass is 313 g/mol. The zero-order chi connectivity index (χ0) is 15.9. The molecule has 1 saturated carbocycles. The molecule has 1 aliphatic heterocycles. The summed E-state index contributed by atoms with van der Waals surface area (Å²) >= 11 is 0. The zero-order valence-electron chi connectivity index (χ0n) is 13.7. The van der Waals surface area contributed by atoms with Gasteiger partial charge >= 0.3 is 6.03 Å². The topological polar surface area (TPSA) is 97.5 Å². The summed E-state index contributed by atoms with van der Waals surface area (Å²) in [5.74, 6) is 0.692. The third-order valence-corrected chi connectivity index (χ3v) is 4.46. The highest BCUT2D eigenvalue weighted by Crippen LogP contribution is 2.23. The first-order valence-electron chi connectivity index (χ1n) is 8.50. The van der Waals surface area contributed by atoms with E-state index in [1.54, 1.807) is 0 Å². The van der Waals surface area contributed by atoms with Gasteiger partial charge in [-0.05, 0) is 32.1 Å². The van der Waals surface area contributed by atoms with Crippen LogP contribution >= 0.6 is 0 Å².